The quantitative estimate of drug-likeness (QED) is 0.536. The third-order valence-electron chi connectivity index (χ3n) is 2.22. The molecular formula is C12H18N2. The summed E-state index contributed by atoms with van der Waals surface area (Å²) in [6, 6.07) is 6.15. The van der Waals surface area contributed by atoms with E-state index >= 15 is 0 Å². The van der Waals surface area contributed by atoms with Crippen molar-refractivity contribution >= 4 is 11.9 Å². The predicted molar refractivity (Wildman–Crippen MR) is 63.1 cm³/mol. The van der Waals surface area contributed by atoms with E-state index in [1.165, 1.54) is 5.56 Å². The molecule has 1 aromatic rings. The monoisotopic (exact) mass is 190 g/mol. The summed E-state index contributed by atoms with van der Waals surface area (Å²) in [4.78, 5) is 3.95. The van der Waals surface area contributed by atoms with Crippen molar-refractivity contribution in [1.82, 2.24) is 0 Å². The highest BCUT2D eigenvalue weighted by molar-refractivity contribution is 5.87. The van der Waals surface area contributed by atoms with Gasteiger partial charge in [-0.05, 0) is 17.0 Å². The van der Waals surface area contributed by atoms with Crippen LogP contribution in [0.1, 0.15) is 31.9 Å². The van der Waals surface area contributed by atoms with Crippen molar-refractivity contribution in [2.45, 2.75) is 26.2 Å². The van der Waals surface area contributed by atoms with E-state index in [2.05, 4.69) is 31.8 Å². The largest absolute Gasteiger partial charge is 0.398 e. The lowest BCUT2D eigenvalue weighted by atomic mass is 9.86. The zero-order valence-corrected chi connectivity index (χ0v) is 9.33. The minimum absolute atomic E-state index is 0.149. The van der Waals surface area contributed by atoms with Gasteiger partial charge in [-0.2, -0.15) is 0 Å². The van der Waals surface area contributed by atoms with Gasteiger partial charge in [-0.15, -0.1) is 0 Å². The maximum atomic E-state index is 5.91. The Labute approximate surface area is 85.9 Å². The predicted octanol–water partition coefficient (Wildman–Crippen LogP) is 2.62. The first-order valence-corrected chi connectivity index (χ1v) is 4.77. The second kappa shape index (κ2) is 3.82. The van der Waals surface area contributed by atoms with E-state index in [9.17, 15) is 0 Å². The number of aliphatic imine (C=N–C) groups is 1. The van der Waals surface area contributed by atoms with Crippen LogP contribution in [-0.2, 0) is 5.41 Å². The van der Waals surface area contributed by atoms with E-state index in [0.29, 0.717) is 0 Å². The lowest BCUT2D eigenvalue weighted by Gasteiger charge is -2.19. The third kappa shape index (κ3) is 2.34. The molecule has 0 spiro atoms. The normalized spacial score (nSPS) is 12.3. The Morgan fingerprint density at radius 1 is 1.29 bits per heavy atom. The summed E-state index contributed by atoms with van der Waals surface area (Å²) in [6.45, 7) is 6.53. The summed E-state index contributed by atoms with van der Waals surface area (Å²) < 4.78 is 0. The molecule has 0 heterocycles. The van der Waals surface area contributed by atoms with Crippen LogP contribution in [0.2, 0.25) is 0 Å². The van der Waals surface area contributed by atoms with Gasteiger partial charge in [0.1, 0.15) is 0 Å². The molecule has 0 saturated heterocycles. The standard InChI is InChI=1S/C12H18N2/c1-12(2,3)10-6-5-9(8-14-4)11(13)7-10/h5-8H,13H2,1-4H3. The average molecular weight is 190 g/mol. The summed E-state index contributed by atoms with van der Waals surface area (Å²) >= 11 is 0. The first-order valence-electron chi connectivity index (χ1n) is 4.77. The van der Waals surface area contributed by atoms with Gasteiger partial charge in [0.05, 0.1) is 0 Å². The van der Waals surface area contributed by atoms with Crippen molar-refractivity contribution < 1.29 is 0 Å². The van der Waals surface area contributed by atoms with Gasteiger partial charge in [0.25, 0.3) is 0 Å². The van der Waals surface area contributed by atoms with Gasteiger partial charge in [0.2, 0.25) is 0 Å². The molecule has 1 rings (SSSR count). The molecule has 0 unspecified atom stereocenters. The molecule has 0 atom stereocenters. The van der Waals surface area contributed by atoms with Gasteiger partial charge >= 0.3 is 0 Å². The molecule has 0 aliphatic heterocycles. The van der Waals surface area contributed by atoms with Crippen molar-refractivity contribution in [3.63, 3.8) is 0 Å². The fourth-order valence-electron chi connectivity index (χ4n) is 1.30. The smallest absolute Gasteiger partial charge is 0.0406 e. The van der Waals surface area contributed by atoms with Gasteiger partial charge in [-0.25, -0.2) is 0 Å². The number of rotatable bonds is 1. The van der Waals surface area contributed by atoms with E-state index in [4.69, 9.17) is 5.73 Å². The van der Waals surface area contributed by atoms with E-state index in [0.717, 1.165) is 11.3 Å². The molecular weight excluding hydrogens is 172 g/mol. The topological polar surface area (TPSA) is 38.4 Å². The van der Waals surface area contributed by atoms with E-state index in [1.807, 2.05) is 12.1 Å². The molecule has 2 heteroatoms. The number of anilines is 1. The number of benzene rings is 1. The summed E-state index contributed by atoms with van der Waals surface area (Å²) in [7, 11) is 1.75. The molecule has 0 aliphatic carbocycles. The zero-order valence-electron chi connectivity index (χ0n) is 9.33. The van der Waals surface area contributed by atoms with Crippen LogP contribution in [0.15, 0.2) is 23.2 Å². The molecule has 0 saturated carbocycles. The molecule has 14 heavy (non-hydrogen) atoms. The van der Waals surface area contributed by atoms with Crippen molar-refractivity contribution in [2.24, 2.45) is 4.99 Å². The Balaban J connectivity index is 3.13. The van der Waals surface area contributed by atoms with Crippen molar-refractivity contribution in [3.8, 4) is 0 Å². The third-order valence-corrected chi connectivity index (χ3v) is 2.22. The lowest BCUT2D eigenvalue weighted by Crippen LogP contribution is -2.11. The Morgan fingerprint density at radius 2 is 1.93 bits per heavy atom. The highest BCUT2D eigenvalue weighted by Crippen LogP contribution is 2.25. The highest BCUT2D eigenvalue weighted by atomic mass is 14.6. The number of nitrogens with zero attached hydrogens (tertiary/aromatic N) is 1. The molecule has 1 aromatic carbocycles. The van der Waals surface area contributed by atoms with Crippen LogP contribution in [0, 0.1) is 0 Å². The molecule has 0 aliphatic rings. The average Bonchev–Trinajstić information content (AvgIpc) is 2.07. The first kappa shape index (κ1) is 10.8. The van der Waals surface area contributed by atoms with Gasteiger partial charge in [0.15, 0.2) is 0 Å². The SMILES string of the molecule is CN=Cc1ccc(C(C)(C)C)cc1N. The summed E-state index contributed by atoms with van der Waals surface area (Å²) in [5, 5.41) is 0. The fourth-order valence-corrected chi connectivity index (χ4v) is 1.30. The van der Waals surface area contributed by atoms with Crippen molar-refractivity contribution in [3.05, 3.63) is 29.3 Å². The molecule has 0 amide bonds. The summed E-state index contributed by atoms with van der Waals surface area (Å²) in [5.74, 6) is 0. The Bertz CT molecular complexity index is 346. The minimum atomic E-state index is 0.149. The highest BCUT2D eigenvalue weighted by Gasteiger charge is 2.13. The van der Waals surface area contributed by atoms with Crippen molar-refractivity contribution in [1.29, 1.82) is 0 Å². The molecule has 0 radical (unpaired) electrons. The van der Waals surface area contributed by atoms with Crippen LogP contribution in [0.4, 0.5) is 5.69 Å². The Kier molecular flexibility index (Phi) is 2.94. The van der Waals surface area contributed by atoms with Gasteiger partial charge in [-0.3, -0.25) is 4.99 Å². The van der Waals surface area contributed by atoms with Crippen LogP contribution in [-0.4, -0.2) is 13.3 Å². The van der Waals surface area contributed by atoms with Crippen molar-refractivity contribution in [2.75, 3.05) is 12.8 Å². The number of hydrogen-bond donors (Lipinski definition) is 1. The van der Waals surface area contributed by atoms with Gasteiger partial charge < -0.3 is 5.73 Å². The van der Waals surface area contributed by atoms with E-state index < -0.39 is 0 Å². The molecule has 0 bridgehead atoms. The first-order chi connectivity index (χ1) is 6.45. The second-order valence-electron chi connectivity index (χ2n) is 4.48. The summed E-state index contributed by atoms with van der Waals surface area (Å²) in [5.41, 5.74) is 9.10. The lowest BCUT2D eigenvalue weighted by molar-refractivity contribution is 0.590. The van der Waals surface area contributed by atoms with Crippen LogP contribution in [0.3, 0.4) is 0 Å². The van der Waals surface area contributed by atoms with Crippen LogP contribution in [0.25, 0.3) is 0 Å². The van der Waals surface area contributed by atoms with E-state index in [1.54, 1.807) is 13.3 Å². The Morgan fingerprint density at radius 3 is 2.36 bits per heavy atom. The fraction of sp³-hybridized carbons (Fsp3) is 0.417. The van der Waals surface area contributed by atoms with Gasteiger partial charge in [0, 0.05) is 24.5 Å². The van der Waals surface area contributed by atoms with Crippen LogP contribution >= 0.6 is 0 Å². The summed E-state index contributed by atoms with van der Waals surface area (Å²) in [6.07, 6.45) is 1.78. The molecule has 2 N–H and O–H groups in total. The van der Waals surface area contributed by atoms with Crippen LogP contribution in [0.5, 0.6) is 0 Å². The number of nitrogens with two attached hydrogens (primary N) is 1. The molecule has 2 nitrogen and oxygen atoms in total. The van der Waals surface area contributed by atoms with Crippen LogP contribution < -0.4 is 5.73 Å². The van der Waals surface area contributed by atoms with Gasteiger partial charge in [-0.1, -0.05) is 32.9 Å². The molecule has 0 fully saturated rings. The number of hydrogen-bond acceptors (Lipinski definition) is 2. The second-order valence-corrected chi connectivity index (χ2v) is 4.48. The maximum Gasteiger partial charge on any atom is 0.0406 e. The zero-order chi connectivity index (χ0) is 10.8. The minimum Gasteiger partial charge on any atom is -0.398 e. The van der Waals surface area contributed by atoms with E-state index in [-0.39, 0.29) is 5.41 Å². The molecule has 76 valence electrons. The maximum absolute atomic E-state index is 5.91. The molecule has 0 aromatic heterocycles. The number of nitrogen functional groups attached to an aromatic ring is 1. The Hall–Kier alpha value is -1.31.